The summed E-state index contributed by atoms with van der Waals surface area (Å²) in [6.45, 7) is 6.21. The number of anilines is 1. The molecule has 3 nitrogen and oxygen atoms in total. The van der Waals surface area contributed by atoms with Crippen molar-refractivity contribution in [2.75, 3.05) is 11.4 Å². The number of halogens is 1. The van der Waals surface area contributed by atoms with E-state index in [-0.39, 0.29) is 17.6 Å². The molecular formula is C15H18BrNO2. The fraction of sp³-hybridized carbons (Fsp3) is 0.467. The van der Waals surface area contributed by atoms with Crippen molar-refractivity contribution in [1.82, 2.24) is 0 Å². The monoisotopic (exact) mass is 323 g/mol. The summed E-state index contributed by atoms with van der Waals surface area (Å²) in [6.07, 6.45) is 1.67. The second kappa shape index (κ2) is 5.45. The quantitative estimate of drug-likeness (QED) is 0.797. The van der Waals surface area contributed by atoms with Crippen LogP contribution in [0.2, 0.25) is 0 Å². The Kier molecular flexibility index (Phi) is 4.09. The van der Waals surface area contributed by atoms with E-state index in [4.69, 9.17) is 0 Å². The summed E-state index contributed by atoms with van der Waals surface area (Å²) in [5.41, 5.74) is 2.70. The number of rotatable bonds is 3. The zero-order valence-electron chi connectivity index (χ0n) is 11.5. The van der Waals surface area contributed by atoms with Crippen molar-refractivity contribution in [1.29, 1.82) is 0 Å². The summed E-state index contributed by atoms with van der Waals surface area (Å²) in [5, 5.41) is 0. The van der Waals surface area contributed by atoms with Gasteiger partial charge in [-0.15, -0.1) is 0 Å². The molecule has 102 valence electrons. The summed E-state index contributed by atoms with van der Waals surface area (Å²) in [7, 11) is 0. The van der Waals surface area contributed by atoms with Gasteiger partial charge in [-0.3, -0.25) is 9.59 Å². The van der Waals surface area contributed by atoms with Gasteiger partial charge in [0.15, 0.2) is 5.78 Å². The zero-order valence-corrected chi connectivity index (χ0v) is 13.1. The van der Waals surface area contributed by atoms with Crippen LogP contribution < -0.4 is 4.90 Å². The van der Waals surface area contributed by atoms with Crippen molar-refractivity contribution >= 4 is 33.3 Å². The van der Waals surface area contributed by atoms with Crippen molar-refractivity contribution in [2.24, 2.45) is 5.92 Å². The van der Waals surface area contributed by atoms with Crippen LogP contribution in [0.15, 0.2) is 16.6 Å². The highest BCUT2D eigenvalue weighted by molar-refractivity contribution is 9.10. The lowest BCUT2D eigenvalue weighted by molar-refractivity contribution is -0.116. The van der Waals surface area contributed by atoms with Gasteiger partial charge in [-0.1, -0.05) is 29.8 Å². The fourth-order valence-electron chi connectivity index (χ4n) is 2.37. The van der Waals surface area contributed by atoms with Crippen molar-refractivity contribution in [3.63, 3.8) is 0 Å². The fourth-order valence-corrected chi connectivity index (χ4v) is 2.96. The minimum absolute atomic E-state index is 0.00142. The van der Waals surface area contributed by atoms with E-state index < -0.39 is 0 Å². The van der Waals surface area contributed by atoms with Crippen LogP contribution in [0.25, 0.3) is 0 Å². The first-order valence-electron chi connectivity index (χ1n) is 6.60. The third-order valence-electron chi connectivity index (χ3n) is 3.77. The number of ketones is 1. The largest absolute Gasteiger partial charge is 0.312 e. The van der Waals surface area contributed by atoms with Gasteiger partial charge in [0.05, 0.1) is 0 Å². The first-order chi connectivity index (χ1) is 8.95. The van der Waals surface area contributed by atoms with Crippen LogP contribution in [0.1, 0.15) is 43.1 Å². The van der Waals surface area contributed by atoms with Gasteiger partial charge in [0.25, 0.3) is 0 Å². The number of carbonyl (C=O) groups excluding carboxylic acids is 2. The number of fused-ring (bicyclic) bond motifs is 1. The molecule has 0 N–H and O–H groups in total. The first-order valence-corrected chi connectivity index (χ1v) is 7.39. The maximum absolute atomic E-state index is 12.3. The van der Waals surface area contributed by atoms with Gasteiger partial charge >= 0.3 is 0 Å². The predicted molar refractivity (Wildman–Crippen MR) is 79.7 cm³/mol. The van der Waals surface area contributed by atoms with Gasteiger partial charge in [-0.2, -0.15) is 0 Å². The smallest absolute Gasteiger partial charge is 0.223 e. The molecular weight excluding hydrogens is 306 g/mol. The molecule has 0 saturated carbocycles. The molecule has 4 heteroatoms. The van der Waals surface area contributed by atoms with E-state index in [0.29, 0.717) is 12.1 Å². The average molecular weight is 324 g/mol. The molecule has 1 unspecified atom stereocenters. The van der Waals surface area contributed by atoms with Crippen LogP contribution in [0.3, 0.4) is 0 Å². The van der Waals surface area contributed by atoms with Crippen LogP contribution in [-0.4, -0.2) is 18.2 Å². The zero-order chi connectivity index (χ0) is 14.2. The van der Waals surface area contributed by atoms with Crippen LogP contribution in [0, 0.1) is 5.92 Å². The minimum Gasteiger partial charge on any atom is -0.312 e. The Labute approximate surface area is 122 Å². The number of hydrogen-bond acceptors (Lipinski definition) is 2. The van der Waals surface area contributed by atoms with Gasteiger partial charge in [0, 0.05) is 35.1 Å². The highest BCUT2D eigenvalue weighted by atomic mass is 79.9. The second-order valence-electron chi connectivity index (χ2n) is 5.05. The number of benzene rings is 1. The van der Waals surface area contributed by atoms with Crippen LogP contribution in [0.5, 0.6) is 0 Å². The highest BCUT2D eigenvalue weighted by Crippen LogP contribution is 2.34. The second-order valence-corrected chi connectivity index (χ2v) is 5.91. The van der Waals surface area contributed by atoms with Crippen LogP contribution >= 0.6 is 15.9 Å². The molecule has 2 rings (SSSR count). The number of nitrogens with zero attached hydrogens (tertiary/aromatic N) is 1. The first kappa shape index (κ1) is 14.3. The van der Waals surface area contributed by atoms with Gasteiger partial charge in [0.1, 0.15) is 0 Å². The third-order valence-corrected chi connectivity index (χ3v) is 4.43. The lowest BCUT2D eigenvalue weighted by atomic mass is 9.96. The number of amides is 1. The van der Waals surface area contributed by atoms with E-state index in [1.807, 2.05) is 26.0 Å². The molecule has 1 amide bonds. The molecule has 1 atom stereocenters. The van der Waals surface area contributed by atoms with Crippen molar-refractivity contribution in [2.45, 2.75) is 33.6 Å². The summed E-state index contributed by atoms with van der Waals surface area (Å²) < 4.78 is 0.835. The predicted octanol–water partition coefficient (Wildman–Crippen LogP) is 3.59. The number of Topliss-reactive ketones (excluding diaryl/α,β-unsaturated/α-hetero) is 1. The molecule has 1 aliphatic heterocycles. The van der Waals surface area contributed by atoms with Gasteiger partial charge in [-0.05, 0) is 30.5 Å². The Balaban J connectivity index is 2.45. The Morgan fingerprint density at radius 3 is 2.68 bits per heavy atom. The van der Waals surface area contributed by atoms with Crippen molar-refractivity contribution in [3.05, 3.63) is 27.7 Å². The van der Waals surface area contributed by atoms with Crippen LogP contribution in [0.4, 0.5) is 5.69 Å². The molecule has 0 spiro atoms. The minimum atomic E-state index is 0.00142. The van der Waals surface area contributed by atoms with E-state index in [1.54, 1.807) is 11.8 Å². The molecule has 1 heterocycles. The standard InChI is InChI=1S/C15H18BrNO2/c1-4-9(2)15(19)12-8-14-11(7-13(12)16)5-6-17(14)10(3)18/h7-9H,4-6H2,1-3H3. The molecule has 1 aliphatic rings. The Hall–Kier alpha value is -1.16. The number of hydrogen-bond donors (Lipinski definition) is 0. The topological polar surface area (TPSA) is 37.4 Å². The molecule has 0 radical (unpaired) electrons. The van der Waals surface area contributed by atoms with Crippen molar-refractivity contribution in [3.8, 4) is 0 Å². The highest BCUT2D eigenvalue weighted by Gasteiger charge is 2.26. The Morgan fingerprint density at radius 2 is 2.11 bits per heavy atom. The van der Waals surface area contributed by atoms with E-state index in [1.165, 1.54) is 0 Å². The SMILES string of the molecule is CCC(C)C(=O)c1cc2c(cc1Br)CCN2C(C)=O. The summed E-state index contributed by atoms with van der Waals surface area (Å²) in [6, 6.07) is 3.84. The van der Waals surface area contributed by atoms with E-state index >= 15 is 0 Å². The average Bonchev–Trinajstić information content (AvgIpc) is 2.78. The Morgan fingerprint density at radius 1 is 1.42 bits per heavy atom. The maximum atomic E-state index is 12.3. The van der Waals surface area contributed by atoms with Crippen LogP contribution in [-0.2, 0) is 11.2 Å². The molecule has 0 bridgehead atoms. The molecule has 0 saturated heterocycles. The molecule has 19 heavy (non-hydrogen) atoms. The number of carbonyl (C=O) groups is 2. The molecule has 0 aromatic heterocycles. The summed E-state index contributed by atoms with van der Waals surface area (Å²) in [5.74, 6) is 0.164. The molecule has 1 aromatic carbocycles. The lowest BCUT2D eigenvalue weighted by Gasteiger charge is -2.17. The van der Waals surface area contributed by atoms with E-state index in [2.05, 4.69) is 15.9 Å². The van der Waals surface area contributed by atoms with Gasteiger partial charge in [-0.25, -0.2) is 0 Å². The Bertz CT molecular complexity index is 539. The van der Waals surface area contributed by atoms with Crippen molar-refractivity contribution < 1.29 is 9.59 Å². The maximum Gasteiger partial charge on any atom is 0.223 e. The molecule has 0 fully saturated rings. The molecule has 1 aromatic rings. The van der Waals surface area contributed by atoms with Gasteiger partial charge in [0.2, 0.25) is 5.91 Å². The lowest BCUT2D eigenvalue weighted by Crippen LogP contribution is -2.26. The summed E-state index contributed by atoms with van der Waals surface area (Å²) in [4.78, 5) is 25.7. The molecule has 0 aliphatic carbocycles. The third kappa shape index (κ3) is 2.59. The summed E-state index contributed by atoms with van der Waals surface area (Å²) >= 11 is 3.48. The van der Waals surface area contributed by atoms with E-state index in [9.17, 15) is 9.59 Å². The normalized spacial score (nSPS) is 15.3. The van der Waals surface area contributed by atoms with Gasteiger partial charge < -0.3 is 4.90 Å². The van der Waals surface area contributed by atoms with E-state index in [0.717, 1.165) is 28.6 Å².